The molecule has 1 fully saturated rings. The molecule has 1 aliphatic carbocycles. The highest BCUT2D eigenvalue weighted by atomic mass is 35.5. The Bertz CT molecular complexity index is 1170. The summed E-state index contributed by atoms with van der Waals surface area (Å²) in [5.41, 5.74) is 6.96. The lowest BCUT2D eigenvalue weighted by Gasteiger charge is -2.17. The van der Waals surface area contributed by atoms with Gasteiger partial charge in [0, 0.05) is 5.39 Å². The summed E-state index contributed by atoms with van der Waals surface area (Å²) in [6, 6.07) is 7.43. The van der Waals surface area contributed by atoms with Crippen LogP contribution in [-0.2, 0) is 12.1 Å². The Balaban J connectivity index is 0.00000180. The number of halogens is 1. The molecular weight excluding hydrogens is 370 g/mol. The van der Waals surface area contributed by atoms with Crippen molar-refractivity contribution in [1.82, 2.24) is 19.7 Å². The fourth-order valence-electron chi connectivity index (χ4n) is 3.62. The van der Waals surface area contributed by atoms with E-state index in [1.807, 2.05) is 24.3 Å². The molecule has 0 radical (unpaired) electrons. The smallest absolute Gasteiger partial charge is 0.297 e. The molecule has 27 heavy (non-hydrogen) atoms. The molecule has 0 saturated heterocycles. The predicted octanol–water partition coefficient (Wildman–Crippen LogP) is 2.72. The van der Waals surface area contributed by atoms with Crippen molar-refractivity contribution in [2.24, 2.45) is 5.73 Å². The zero-order valence-electron chi connectivity index (χ0n) is 14.4. The first-order valence-corrected chi connectivity index (χ1v) is 8.63. The maximum Gasteiger partial charge on any atom is 0.297 e. The Morgan fingerprint density at radius 3 is 2.81 bits per heavy atom. The van der Waals surface area contributed by atoms with Gasteiger partial charge in [-0.15, -0.1) is 12.4 Å². The lowest BCUT2D eigenvalue weighted by molar-refractivity contribution is 0.343. The van der Waals surface area contributed by atoms with Gasteiger partial charge >= 0.3 is 0 Å². The highest BCUT2D eigenvalue weighted by molar-refractivity contribution is 6.01. The number of nitrogens with two attached hydrogens (primary N) is 1. The van der Waals surface area contributed by atoms with E-state index < -0.39 is 5.54 Å². The normalized spacial score (nSPS) is 16.0. The first-order chi connectivity index (χ1) is 12.6. The van der Waals surface area contributed by atoms with Crippen LogP contribution >= 0.6 is 12.4 Å². The second-order valence-electron chi connectivity index (χ2n) is 6.83. The summed E-state index contributed by atoms with van der Waals surface area (Å²) in [5.74, 6) is 0.840. The Kier molecular flexibility index (Phi) is 4.24. The van der Waals surface area contributed by atoms with Crippen LogP contribution in [0.25, 0.3) is 22.1 Å². The van der Waals surface area contributed by atoms with Crippen molar-refractivity contribution < 1.29 is 8.94 Å². The highest BCUT2D eigenvalue weighted by Crippen LogP contribution is 2.34. The second kappa shape index (κ2) is 6.47. The third-order valence-electron chi connectivity index (χ3n) is 5.07. The van der Waals surface area contributed by atoms with E-state index in [0.717, 1.165) is 31.1 Å². The van der Waals surface area contributed by atoms with E-state index in [2.05, 4.69) is 15.1 Å². The molecule has 1 aromatic carbocycles. The van der Waals surface area contributed by atoms with Crippen molar-refractivity contribution in [2.75, 3.05) is 0 Å². The van der Waals surface area contributed by atoms with E-state index in [1.54, 1.807) is 0 Å². The summed E-state index contributed by atoms with van der Waals surface area (Å²) >= 11 is 0. The van der Waals surface area contributed by atoms with Gasteiger partial charge in [0.1, 0.15) is 17.6 Å². The van der Waals surface area contributed by atoms with Crippen LogP contribution in [0.4, 0.5) is 0 Å². The van der Waals surface area contributed by atoms with Crippen LogP contribution in [0.15, 0.2) is 44.3 Å². The summed E-state index contributed by atoms with van der Waals surface area (Å²) in [6.07, 6.45) is 5.29. The van der Waals surface area contributed by atoms with Crippen LogP contribution < -0.4 is 11.3 Å². The quantitative estimate of drug-likeness (QED) is 0.574. The van der Waals surface area contributed by atoms with Crippen molar-refractivity contribution in [2.45, 2.75) is 37.8 Å². The minimum Gasteiger partial charge on any atom is -0.448 e. The lowest BCUT2D eigenvalue weighted by atomic mass is 9.99. The van der Waals surface area contributed by atoms with Crippen LogP contribution in [-0.4, -0.2) is 19.7 Å². The van der Waals surface area contributed by atoms with Crippen LogP contribution in [0, 0.1) is 0 Å². The first kappa shape index (κ1) is 17.7. The van der Waals surface area contributed by atoms with Gasteiger partial charge in [-0.2, -0.15) is 4.98 Å². The fourth-order valence-corrected chi connectivity index (χ4v) is 3.62. The molecule has 8 nitrogen and oxygen atoms in total. The van der Waals surface area contributed by atoms with Gasteiger partial charge in [0.05, 0.1) is 11.9 Å². The first-order valence-electron chi connectivity index (χ1n) is 8.63. The molecule has 0 unspecified atom stereocenters. The number of nitrogens with zero attached hydrogens (tertiary/aromatic N) is 4. The average Bonchev–Trinajstić information content (AvgIpc) is 3.36. The summed E-state index contributed by atoms with van der Waals surface area (Å²) < 4.78 is 12.4. The minimum absolute atomic E-state index is 0. The summed E-state index contributed by atoms with van der Waals surface area (Å²) in [5, 5.41) is 4.84. The van der Waals surface area contributed by atoms with Crippen LogP contribution in [0.5, 0.6) is 0 Å². The number of fused-ring (bicyclic) bond motifs is 3. The number of hydrogen-bond acceptors (Lipinski definition) is 7. The molecule has 4 aromatic rings. The standard InChI is InChI=1S/C18H17N5O3.ClH/c19-18(7-3-4-8-18)17-21-13(26-22-17)9-23-10-20-14-11-5-1-2-6-12(11)25-15(14)16(23)24;/h1-2,5-6,10H,3-4,7-9,19H2;1H. The summed E-state index contributed by atoms with van der Waals surface area (Å²) in [7, 11) is 0. The van der Waals surface area contributed by atoms with Gasteiger partial charge in [-0.3, -0.25) is 9.36 Å². The Labute approximate surface area is 159 Å². The molecule has 2 N–H and O–H groups in total. The third-order valence-corrected chi connectivity index (χ3v) is 5.07. The zero-order valence-corrected chi connectivity index (χ0v) is 15.2. The third kappa shape index (κ3) is 2.81. The van der Waals surface area contributed by atoms with E-state index in [1.165, 1.54) is 10.9 Å². The number of hydrogen-bond donors (Lipinski definition) is 1. The number of rotatable bonds is 3. The molecule has 0 amide bonds. The van der Waals surface area contributed by atoms with Crippen molar-refractivity contribution in [3.05, 3.63) is 52.7 Å². The maximum absolute atomic E-state index is 12.7. The average molecular weight is 388 g/mol. The van der Waals surface area contributed by atoms with Crippen molar-refractivity contribution in [3.8, 4) is 0 Å². The highest BCUT2D eigenvalue weighted by Gasteiger charge is 2.36. The summed E-state index contributed by atoms with van der Waals surface area (Å²) in [6.45, 7) is 0.127. The van der Waals surface area contributed by atoms with Crippen LogP contribution in [0.3, 0.4) is 0 Å². The van der Waals surface area contributed by atoms with Crippen LogP contribution in [0.2, 0.25) is 0 Å². The summed E-state index contributed by atoms with van der Waals surface area (Å²) in [4.78, 5) is 21.5. The molecule has 5 rings (SSSR count). The maximum atomic E-state index is 12.7. The van der Waals surface area contributed by atoms with E-state index in [9.17, 15) is 4.79 Å². The largest absolute Gasteiger partial charge is 0.448 e. The minimum atomic E-state index is -0.520. The van der Waals surface area contributed by atoms with Crippen LogP contribution in [0.1, 0.15) is 37.4 Å². The lowest BCUT2D eigenvalue weighted by Crippen LogP contribution is -2.34. The Morgan fingerprint density at radius 1 is 1.22 bits per heavy atom. The monoisotopic (exact) mass is 387 g/mol. The molecule has 0 bridgehead atoms. The molecule has 1 saturated carbocycles. The molecular formula is C18H18ClN5O3. The number of para-hydroxylation sites is 1. The topological polar surface area (TPSA) is 113 Å². The number of furan rings is 1. The molecule has 0 aliphatic heterocycles. The van der Waals surface area contributed by atoms with Gasteiger partial charge in [0.25, 0.3) is 5.56 Å². The van der Waals surface area contributed by atoms with Gasteiger partial charge in [-0.05, 0) is 25.0 Å². The van der Waals surface area contributed by atoms with E-state index in [4.69, 9.17) is 14.7 Å². The van der Waals surface area contributed by atoms with E-state index in [0.29, 0.717) is 22.8 Å². The van der Waals surface area contributed by atoms with Gasteiger partial charge in [0.2, 0.25) is 11.5 Å². The Morgan fingerprint density at radius 2 is 2.00 bits per heavy atom. The van der Waals surface area contributed by atoms with Gasteiger partial charge in [-0.1, -0.05) is 30.1 Å². The molecule has 3 heterocycles. The zero-order chi connectivity index (χ0) is 17.7. The fraction of sp³-hybridized carbons (Fsp3) is 0.333. The van der Waals surface area contributed by atoms with Crippen molar-refractivity contribution >= 4 is 34.5 Å². The SMILES string of the molecule is Cl.NC1(c2noc(Cn3cnc4c(oc5ccccc54)c3=O)n2)CCCC1. The Hall–Kier alpha value is -2.71. The number of aromatic nitrogens is 4. The van der Waals surface area contributed by atoms with E-state index in [-0.39, 0.29) is 30.1 Å². The molecule has 0 spiro atoms. The van der Waals surface area contributed by atoms with E-state index >= 15 is 0 Å². The van der Waals surface area contributed by atoms with Crippen molar-refractivity contribution in [1.29, 1.82) is 0 Å². The van der Waals surface area contributed by atoms with Gasteiger partial charge in [0.15, 0.2) is 5.82 Å². The second-order valence-corrected chi connectivity index (χ2v) is 6.83. The molecule has 3 aromatic heterocycles. The molecule has 0 atom stereocenters. The van der Waals surface area contributed by atoms with Gasteiger partial charge < -0.3 is 14.7 Å². The van der Waals surface area contributed by atoms with Crippen molar-refractivity contribution in [3.63, 3.8) is 0 Å². The predicted molar refractivity (Wildman–Crippen MR) is 101 cm³/mol. The number of benzene rings is 1. The van der Waals surface area contributed by atoms with Gasteiger partial charge in [-0.25, -0.2) is 4.98 Å². The molecule has 140 valence electrons. The molecule has 9 heteroatoms. The molecule has 1 aliphatic rings.